The monoisotopic (exact) mass is 331 g/mol. The van der Waals surface area contributed by atoms with Crippen LogP contribution < -0.4 is 5.32 Å². The van der Waals surface area contributed by atoms with Crippen LogP contribution in [0.5, 0.6) is 0 Å². The van der Waals surface area contributed by atoms with Gasteiger partial charge in [0.2, 0.25) is 0 Å². The Balaban J connectivity index is 1.76. The molecule has 102 valence electrons. The molecule has 0 bridgehead atoms. The van der Waals surface area contributed by atoms with Gasteiger partial charge in [-0.1, -0.05) is 29.3 Å². The maximum Gasteiger partial charge on any atom is 0.0542 e. The van der Waals surface area contributed by atoms with Crippen molar-refractivity contribution in [2.24, 2.45) is 0 Å². The van der Waals surface area contributed by atoms with Crippen molar-refractivity contribution in [3.63, 3.8) is 0 Å². The standard InChI is InChI=1S/C14H15Cl2NS2/c1-10(13-3-2-7-18-13)17-6-8-19-14-9-11(15)4-5-12(14)16/h2-5,7,9-10,17H,6,8H2,1H3. The highest BCUT2D eigenvalue weighted by Gasteiger charge is 2.06. The predicted octanol–water partition coefficient (Wildman–Crippen LogP) is 5.50. The number of thiophene rings is 1. The SMILES string of the molecule is CC(NCCSc1cc(Cl)ccc1Cl)c1cccs1. The maximum atomic E-state index is 6.12. The molecule has 0 radical (unpaired) electrons. The van der Waals surface area contributed by atoms with Gasteiger partial charge < -0.3 is 5.32 Å². The number of benzene rings is 1. The quantitative estimate of drug-likeness (QED) is 0.554. The molecule has 0 spiro atoms. The smallest absolute Gasteiger partial charge is 0.0542 e. The Morgan fingerprint density at radius 3 is 2.89 bits per heavy atom. The molecule has 2 rings (SSSR count). The van der Waals surface area contributed by atoms with E-state index in [1.54, 1.807) is 23.1 Å². The summed E-state index contributed by atoms with van der Waals surface area (Å²) in [4.78, 5) is 2.41. The second-order valence-electron chi connectivity index (χ2n) is 4.11. The van der Waals surface area contributed by atoms with E-state index in [1.165, 1.54) is 4.88 Å². The summed E-state index contributed by atoms with van der Waals surface area (Å²) in [5.74, 6) is 0.968. The molecule has 1 atom stereocenters. The second-order valence-corrected chi connectivity index (χ2v) is 7.07. The van der Waals surface area contributed by atoms with Crippen LogP contribution >= 0.6 is 46.3 Å². The van der Waals surface area contributed by atoms with Crippen LogP contribution in [0.1, 0.15) is 17.8 Å². The van der Waals surface area contributed by atoms with Crippen molar-refractivity contribution in [2.45, 2.75) is 17.9 Å². The minimum absolute atomic E-state index is 0.399. The second kappa shape index (κ2) is 7.55. The average Bonchev–Trinajstić information content (AvgIpc) is 2.92. The summed E-state index contributed by atoms with van der Waals surface area (Å²) in [6, 6.07) is 10.2. The van der Waals surface area contributed by atoms with E-state index < -0.39 is 0 Å². The third-order valence-corrected chi connectivity index (χ3v) is 5.46. The van der Waals surface area contributed by atoms with Gasteiger partial charge in [0.15, 0.2) is 0 Å². The average molecular weight is 332 g/mol. The number of hydrogen-bond donors (Lipinski definition) is 1. The van der Waals surface area contributed by atoms with E-state index in [1.807, 2.05) is 18.2 Å². The zero-order valence-corrected chi connectivity index (χ0v) is 13.7. The largest absolute Gasteiger partial charge is 0.309 e. The zero-order valence-electron chi connectivity index (χ0n) is 10.5. The molecule has 0 saturated carbocycles. The van der Waals surface area contributed by atoms with Crippen LogP contribution in [0.3, 0.4) is 0 Å². The van der Waals surface area contributed by atoms with E-state index in [2.05, 4.69) is 29.8 Å². The fourth-order valence-electron chi connectivity index (χ4n) is 1.66. The molecule has 0 saturated heterocycles. The Labute approximate surface area is 132 Å². The minimum atomic E-state index is 0.399. The van der Waals surface area contributed by atoms with E-state index in [4.69, 9.17) is 23.2 Å². The number of thioether (sulfide) groups is 1. The van der Waals surface area contributed by atoms with Gasteiger partial charge in [-0.25, -0.2) is 0 Å². The van der Waals surface area contributed by atoms with Crippen LogP contribution in [0.25, 0.3) is 0 Å². The van der Waals surface area contributed by atoms with E-state index in [0.717, 1.165) is 27.2 Å². The van der Waals surface area contributed by atoms with Crippen molar-refractivity contribution in [1.29, 1.82) is 0 Å². The van der Waals surface area contributed by atoms with Crippen LogP contribution in [0, 0.1) is 0 Å². The van der Waals surface area contributed by atoms with E-state index in [9.17, 15) is 0 Å². The van der Waals surface area contributed by atoms with E-state index in [-0.39, 0.29) is 0 Å². The summed E-state index contributed by atoms with van der Waals surface area (Å²) in [5, 5.41) is 7.10. The Bertz CT molecular complexity index is 514. The van der Waals surface area contributed by atoms with Gasteiger partial charge >= 0.3 is 0 Å². The number of hydrogen-bond acceptors (Lipinski definition) is 3. The van der Waals surface area contributed by atoms with Crippen molar-refractivity contribution in [1.82, 2.24) is 5.32 Å². The van der Waals surface area contributed by atoms with Crippen molar-refractivity contribution in [3.05, 3.63) is 50.6 Å². The van der Waals surface area contributed by atoms with Crippen molar-refractivity contribution >= 4 is 46.3 Å². The van der Waals surface area contributed by atoms with Gasteiger partial charge in [-0.3, -0.25) is 0 Å². The summed E-state index contributed by atoms with van der Waals surface area (Å²) < 4.78 is 0. The maximum absolute atomic E-state index is 6.12. The third-order valence-electron chi connectivity index (χ3n) is 2.67. The Morgan fingerprint density at radius 2 is 2.16 bits per heavy atom. The first kappa shape index (κ1) is 15.2. The van der Waals surface area contributed by atoms with E-state index in [0.29, 0.717) is 6.04 Å². The highest BCUT2D eigenvalue weighted by molar-refractivity contribution is 7.99. The van der Waals surface area contributed by atoms with Crippen LogP contribution in [0.15, 0.2) is 40.6 Å². The molecule has 1 unspecified atom stereocenters. The first-order chi connectivity index (χ1) is 9.16. The van der Waals surface area contributed by atoms with Gasteiger partial charge in [-0.2, -0.15) is 0 Å². The molecular weight excluding hydrogens is 317 g/mol. The normalized spacial score (nSPS) is 12.6. The van der Waals surface area contributed by atoms with Crippen LogP contribution in [-0.2, 0) is 0 Å². The summed E-state index contributed by atoms with van der Waals surface area (Å²) >= 11 is 15.6. The van der Waals surface area contributed by atoms with Crippen molar-refractivity contribution in [2.75, 3.05) is 12.3 Å². The van der Waals surface area contributed by atoms with Crippen molar-refractivity contribution in [3.8, 4) is 0 Å². The molecule has 1 N–H and O–H groups in total. The lowest BCUT2D eigenvalue weighted by atomic mass is 10.3. The van der Waals surface area contributed by atoms with Crippen LogP contribution in [-0.4, -0.2) is 12.3 Å². The molecule has 1 aromatic carbocycles. The molecule has 5 heteroatoms. The minimum Gasteiger partial charge on any atom is -0.309 e. The van der Waals surface area contributed by atoms with Gasteiger partial charge in [0.05, 0.1) is 5.02 Å². The molecule has 2 aromatic rings. The fourth-order valence-corrected chi connectivity index (χ4v) is 3.80. The molecule has 0 aliphatic carbocycles. The first-order valence-electron chi connectivity index (χ1n) is 6.01. The molecule has 1 nitrogen and oxygen atoms in total. The van der Waals surface area contributed by atoms with Gasteiger partial charge in [-0.05, 0) is 36.6 Å². The molecule has 0 fully saturated rings. The predicted molar refractivity (Wildman–Crippen MR) is 87.9 cm³/mol. The van der Waals surface area contributed by atoms with Crippen molar-refractivity contribution < 1.29 is 0 Å². The lowest BCUT2D eigenvalue weighted by Crippen LogP contribution is -2.20. The number of rotatable bonds is 6. The zero-order chi connectivity index (χ0) is 13.7. The van der Waals surface area contributed by atoms with Gasteiger partial charge in [0, 0.05) is 33.1 Å². The Kier molecular flexibility index (Phi) is 6.05. The molecule has 1 aromatic heterocycles. The first-order valence-corrected chi connectivity index (χ1v) is 8.63. The lowest BCUT2D eigenvalue weighted by molar-refractivity contribution is 0.610. The third kappa shape index (κ3) is 4.69. The van der Waals surface area contributed by atoms with Gasteiger partial charge in [0.1, 0.15) is 0 Å². The lowest BCUT2D eigenvalue weighted by Gasteiger charge is -2.12. The molecule has 19 heavy (non-hydrogen) atoms. The van der Waals surface area contributed by atoms with Gasteiger partial charge in [-0.15, -0.1) is 23.1 Å². The highest BCUT2D eigenvalue weighted by Crippen LogP contribution is 2.29. The van der Waals surface area contributed by atoms with Gasteiger partial charge in [0.25, 0.3) is 0 Å². The summed E-state index contributed by atoms with van der Waals surface area (Å²) in [7, 11) is 0. The van der Waals surface area contributed by atoms with Crippen LogP contribution in [0.4, 0.5) is 0 Å². The Hall–Kier alpha value is -0.190. The van der Waals surface area contributed by atoms with E-state index >= 15 is 0 Å². The number of nitrogens with one attached hydrogen (secondary N) is 1. The Morgan fingerprint density at radius 1 is 1.32 bits per heavy atom. The summed E-state index contributed by atoms with van der Waals surface area (Å²) in [6.45, 7) is 3.12. The molecule has 0 amide bonds. The molecule has 0 aliphatic rings. The highest BCUT2D eigenvalue weighted by atomic mass is 35.5. The summed E-state index contributed by atoms with van der Waals surface area (Å²) in [6.07, 6.45) is 0. The number of halogens is 2. The fraction of sp³-hybridized carbons (Fsp3) is 0.286. The molecule has 1 heterocycles. The van der Waals surface area contributed by atoms with Crippen LogP contribution in [0.2, 0.25) is 10.0 Å². The molecule has 0 aliphatic heterocycles. The molecular formula is C14H15Cl2NS2. The summed E-state index contributed by atoms with van der Waals surface area (Å²) in [5.41, 5.74) is 0. The topological polar surface area (TPSA) is 12.0 Å².